The van der Waals surface area contributed by atoms with Crippen molar-refractivity contribution >= 4 is 11.7 Å². The topological polar surface area (TPSA) is 111 Å². The highest BCUT2D eigenvalue weighted by molar-refractivity contribution is 5.92. The summed E-state index contributed by atoms with van der Waals surface area (Å²) < 4.78 is 8.57. The van der Waals surface area contributed by atoms with Gasteiger partial charge in [0.2, 0.25) is 0 Å². The number of hydrogen-bond acceptors (Lipinski definition) is 6. The first-order valence-electron chi connectivity index (χ1n) is 12.1. The van der Waals surface area contributed by atoms with Gasteiger partial charge in [0, 0.05) is 18.3 Å². The van der Waals surface area contributed by atoms with Gasteiger partial charge in [-0.05, 0) is 38.3 Å². The van der Waals surface area contributed by atoms with Gasteiger partial charge in [-0.15, -0.1) is 6.42 Å². The normalized spacial score (nSPS) is 14.8. The lowest BCUT2D eigenvalue weighted by molar-refractivity contribution is -0.120. The highest BCUT2D eigenvalue weighted by Gasteiger charge is 2.29. The van der Waals surface area contributed by atoms with Gasteiger partial charge in [-0.1, -0.05) is 43.7 Å². The largest absolute Gasteiger partial charge is 0.454 e. The summed E-state index contributed by atoms with van der Waals surface area (Å²) in [6.45, 7) is 3.64. The summed E-state index contributed by atoms with van der Waals surface area (Å²) in [6, 6.07) is 9.23. The van der Waals surface area contributed by atoms with E-state index in [2.05, 4.69) is 21.4 Å². The molecule has 9 heteroatoms. The minimum Gasteiger partial charge on any atom is -0.454 e. The summed E-state index contributed by atoms with van der Waals surface area (Å²) in [5.74, 6) is 3.55. The molecule has 0 spiro atoms. The molecular formula is C27H31N5O4. The number of carbonyl (C=O) groups is 1. The van der Waals surface area contributed by atoms with Crippen LogP contribution >= 0.6 is 0 Å². The Morgan fingerprint density at radius 2 is 2.06 bits per heavy atom. The van der Waals surface area contributed by atoms with Crippen molar-refractivity contribution in [2.24, 2.45) is 5.92 Å². The third-order valence-corrected chi connectivity index (χ3v) is 6.14. The minimum atomic E-state index is -0.944. The smallest absolute Gasteiger partial charge is 0.271 e. The molecule has 1 saturated carbocycles. The molecule has 9 nitrogen and oxygen atoms in total. The van der Waals surface area contributed by atoms with Gasteiger partial charge in [-0.25, -0.2) is 4.68 Å². The molecule has 0 aliphatic heterocycles. The quantitative estimate of drug-likeness (QED) is 0.443. The Balaban J connectivity index is 1.55. The molecule has 36 heavy (non-hydrogen) atoms. The molecule has 0 radical (unpaired) electrons. The molecule has 1 amide bonds. The second kappa shape index (κ2) is 10.8. The van der Waals surface area contributed by atoms with Gasteiger partial charge in [0.05, 0.1) is 23.9 Å². The van der Waals surface area contributed by atoms with Crippen molar-refractivity contribution in [3.8, 4) is 23.8 Å². The lowest BCUT2D eigenvalue weighted by Gasteiger charge is -2.21. The number of aliphatic hydroxyl groups is 1. The number of rotatable bonds is 9. The zero-order valence-corrected chi connectivity index (χ0v) is 20.6. The second-order valence-electron chi connectivity index (χ2n) is 9.82. The van der Waals surface area contributed by atoms with Crippen LogP contribution in [0.15, 0.2) is 53.6 Å². The number of carbonyl (C=O) groups excluding carboxylic acids is 1. The van der Waals surface area contributed by atoms with E-state index in [1.165, 1.54) is 16.9 Å². The number of aromatic nitrogens is 4. The van der Waals surface area contributed by atoms with E-state index in [0.29, 0.717) is 29.5 Å². The van der Waals surface area contributed by atoms with E-state index in [9.17, 15) is 14.7 Å². The van der Waals surface area contributed by atoms with E-state index in [0.717, 1.165) is 25.7 Å². The third-order valence-electron chi connectivity index (χ3n) is 6.14. The third kappa shape index (κ3) is 6.40. The number of nitrogens with one attached hydrogen (secondary N) is 1. The van der Waals surface area contributed by atoms with Gasteiger partial charge in [-0.3, -0.25) is 14.3 Å². The molecule has 1 aliphatic carbocycles. The van der Waals surface area contributed by atoms with E-state index in [4.69, 9.17) is 11.2 Å². The van der Waals surface area contributed by atoms with E-state index < -0.39 is 17.2 Å². The predicted octanol–water partition coefficient (Wildman–Crippen LogP) is 3.74. The molecule has 1 aliphatic rings. The van der Waals surface area contributed by atoms with Crippen molar-refractivity contribution in [3.05, 3.63) is 64.7 Å². The maximum absolute atomic E-state index is 13.3. The van der Waals surface area contributed by atoms with Crippen molar-refractivity contribution in [2.75, 3.05) is 5.32 Å². The van der Waals surface area contributed by atoms with Crippen LogP contribution in [0.25, 0.3) is 0 Å². The number of amides is 1. The molecule has 1 unspecified atom stereocenters. The average Bonchev–Trinajstić information content (AvgIpc) is 3.49. The Morgan fingerprint density at radius 3 is 2.75 bits per heavy atom. The molecule has 2 N–H and O–H groups in total. The Labute approximate surface area is 210 Å². The van der Waals surface area contributed by atoms with Crippen molar-refractivity contribution in [1.29, 1.82) is 0 Å². The predicted molar refractivity (Wildman–Crippen MR) is 136 cm³/mol. The number of anilines is 1. The average molecular weight is 490 g/mol. The first-order valence-corrected chi connectivity index (χ1v) is 12.1. The summed E-state index contributed by atoms with van der Waals surface area (Å²) in [5, 5.41) is 21.5. The molecule has 3 aromatic rings. The number of para-hydroxylation sites is 1. The summed E-state index contributed by atoms with van der Waals surface area (Å²) in [5.41, 5.74) is -0.833. The molecule has 1 atom stereocenters. The van der Waals surface area contributed by atoms with Crippen LogP contribution < -0.4 is 15.6 Å². The van der Waals surface area contributed by atoms with E-state index in [-0.39, 0.29) is 18.2 Å². The monoisotopic (exact) mass is 489 g/mol. The number of benzene rings is 1. The summed E-state index contributed by atoms with van der Waals surface area (Å²) in [4.78, 5) is 26.4. The summed E-state index contributed by atoms with van der Waals surface area (Å²) in [7, 11) is 0. The van der Waals surface area contributed by atoms with Crippen LogP contribution in [-0.4, -0.2) is 36.2 Å². The summed E-state index contributed by atoms with van der Waals surface area (Å²) in [6.07, 6.45) is 13.4. The van der Waals surface area contributed by atoms with Crippen molar-refractivity contribution in [1.82, 2.24) is 19.6 Å². The van der Waals surface area contributed by atoms with Crippen LogP contribution in [0, 0.1) is 18.3 Å². The molecular weight excluding hydrogens is 458 g/mol. The minimum absolute atomic E-state index is 0.240. The molecule has 0 saturated heterocycles. The van der Waals surface area contributed by atoms with Gasteiger partial charge < -0.3 is 15.2 Å². The van der Waals surface area contributed by atoms with Crippen LogP contribution in [0.1, 0.15) is 57.6 Å². The Kier molecular flexibility index (Phi) is 7.55. The maximum Gasteiger partial charge on any atom is 0.271 e. The standard InChI is InChI=1S/C27H31N5O4/c1-4-20-11-7-8-12-23(20)36-21-16-25(33)32(28-17-21)22(15-19-9-5-6-10-19)26(34)29-24-13-14-31(30-24)18-27(2,3)35/h1,7-8,11-14,16-17,19,22,35H,5-6,9-10,15,18H2,2-3H3,(H,29,30,34). The van der Waals surface area contributed by atoms with Gasteiger partial charge >= 0.3 is 0 Å². The van der Waals surface area contributed by atoms with Crippen LogP contribution in [0.5, 0.6) is 11.5 Å². The van der Waals surface area contributed by atoms with Gasteiger partial charge in [0.25, 0.3) is 11.5 Å². The lowest BCUT2D eigenvalue weighted by atomic mass is 9.98. The fraction of sp³-hybridized carbons (Fsp3) is 0.407. The van der Waals surface area contributed by atoms with Gasteiger partial charge in [-0.2, -0.15) is 10.2 Å². The van der Waals surface area contributed by atoms with E-state index >= 15 is 0 Å². The Morgan fingerprint density at radius 1 is 1.31 bits per heavy atom. The van der Waals surface area contributed by atoms with Crippen molar-refractivity contribution in [3.63, 3.8) is 0 Å². The van der Waals surface area contributed by atoms with Crippen molar-refractivity contribution in [2.45, 2.75) is 64.1 Å². The zero-order valence-electron chi connectivity index (χ0n) is 20.6. The van der Waals surface area contributed by atoms with Crippen LogP contribution in [0.3, 0.4) is 0 Å². The molecule has 1 fully saturated rings. The fourth-order valence-electron chi connectivity index (χ4n) is 4.49. The van der Waals surface area contributed by atoms with Crippen LogP contribution in [0.4, 0.5) is 5.82 Å². The van der Waals surface area contributed by atoms with Gasteiger partial charge in [0.15, 0.2) is 11.6 Å². The first-order chi connectivity index (χ1) is 17.2. The SMILES string of the molecule is C#Cc1ccccc1Oc1cnn(C(CC2CCCC2)C(=O)Nc2ccn(CC(C)(C)O)n2)c(=O)c1. The lowest BCUT2D eigenvalue weighted by Crippen LogP contribution is -2.36. The van der Waals surface area contributed by atoms with Crippen LogP contribution in [0.2, 0.25) is 0 Å². The highest BCUT2D eigenvalue weighted by atomic mass is 16.5. The molecule has 1 aromatic carbocycles. The summed E-state index contributed by atoms with van der Waals surface area (Å²) >= 11 is 0. The number of terminal acetylenes is 1. The molecule has 0 bridgehead atoms. The molecule has 188 valence electrons. The zero-order chi connectivity index (χ0) is 25.7. The molecule has 2 heterocycles. The number of ether oxygens (including phenoxy) is 1. The fourth-order valence-corrected chi connectivity index (χ4v) is 4.49. The highest BCUT2D eigenvalue weighted by Crippen LogP contribution is 2.32. The number of hydrogen-bond donors (Lipinski definition) is 2. The Hall–Kier alpha value is -3.90. The maximum atomic E-state index is 13.3. The first kappa shape index (κ1) is 25.2. The number of nitrogens with zero attached hydrogens (tertiary/aromatic N) is 4. The molecule has 4 rings (SSSR count). The second-order valence-corrected chi connectivity index (χ2v) is 9.82. The van der Waals surface area contributed by atoms with Crippen molar-refractivity contribution < 1.29 is 14.6 Å². The van der Waals surface area contributed by atoms with Crippen LogP contribution in [-0.2, 0) is 11.3 Å². The van der Waals surface area contributed by atoms with E-state index in [1.807, 2.05) is 0 Å². The van der Waals surface area contributed by atoms with Gasteiger partial charge in [0.1, 0.15) is 11.8 Å². The molecule has 2 aromatic heterocycles. The van der Waals surface area contributed by atoms with E-state index in [1.54, 1.807) is 55.1 Å². The Bertz CT molecular complexity index is 1310.